The van der Waals surface area contributed by atoms with Gasteiger partial charge in [-0.1, -0.05) is 42.5 Å². The fourth-order valence-electron chi connectivity index (χ4n) is 2.69. The molecule has 1 atom stereocenters. The van der Waals surface area contributed by atoms with Crippen LogP contribution in [0.25, 0.3) is 11.0 Å². The fourth-order valence-corrected chi connectivity index (χ4v) is 2.69. The van der Waals surface area contributed by atoms with Crippen molar-refractivity contribution in [1.82, 2.24) is 15.3 Å². The number of carbonyl (C=O) groups is 2. The maximum atomic E-state index is 12.2. The molecule has 3 rings (SSSR count). The molecule has 2 amide bonds. The molecule has 1 aromatic heterocycles. The second-order valence-corrected chi connectivity index (χ2v) is 6.06. The molecule has 132 valence electrons. The number of fused-ring (bicyclic) bond motifs is 1. The van der Waals surface area contributed by atoms with Gasteiger partial charge in [-0.05, 0) is 24.1 Å². The van der Waals surface area contributed by atoms with Crippen LogP contribution in [0.15, 0.2) is 60.8 Å². The summed E-state index contributed by atoms with van der Waals surface area (Å²) in [6, 6.07) is 16.4. The first-order chi connectivity index (χ1) is 12.6. The zero-order chi connectivity index (χ0) is 18.4. The van der Waals surface area contributed by atoms with Gasteiger partial charge in [-0.3, -0.25) is 14.6 Å². The number of aromatic nitrogens is 2. The molecular weight excluding hydrogens is 328 g/mol. The van der Waals surface area contributed by atoms with Crippen molar-refractivity contribution in [3.8, 4) is 0 Å². The van der Waals surface area contributed by atoms with E-state index < -0.39 is 11.9 Å². The maximum absolute atomic E-state index is 12.2. The zero-order valence-electron chi connectivity index (χ0n) is 14.3. The molecule has 0 saturated heterocycles. The van der Waals surface area contributed by atoms with E-state index in [0.29, 0.717) is 12.1 Å². The molecule has 0 fully saturated rings. The van der Waals surface area contributed by atoms with E-state index >= 15 is 0 Å². The van der Waals surface area contributed by atoms with Gasteiger partial charge in [-0.25, -0.2) is 4.98 Å². The highest BCUT2D eigenvalue weighted by Crippen LogP contribution is 2.10. The smallest absolute Gasteiger partial charge is 0.240 e. The molecule has 0 radical (unpaired) electrons. The SMILES string of the molecule is NC(=O)[C@H](Cc1cnc2ccccc2n1)NC(=O)CCc1ccccc1. The fraction of sp³-hybridized carbons (Fsp3) is 0.200. The van der Waals surface area contributed by atoms with E-state index in [0.717, 1.165) is 16.6 Å². The number of para-hydroxylation sites is 2. The molecule has 1 heterocycles. The predicted molar refractivity (Wildman–Crippen MR) is 99.1 cm³/mol. The van der Waals surface area contributed by atoms with Gasteiger partial charge in [-0.15, -0.1) is 0 Å². The lowest BCUT2D eigenvalue weighted by Gasteiger charge is -2.15. The number of primary amides is 1. The Morgan fingerprint density at radius 3 is 2.42 bits per heavy atom. The van der Waals surface area contributed by atoms with Gasteiger partial charge in [0.25, 0.3) is 0 Å². The molecule has 6 heteroatoms. The minimum Gasteiger partial charge on any atom is -0.368 e. The van der Waals surface area contributed by atoms with E-state index in [2.05, 4.69) is 15.3 Å². The topological polar surface area (TPSA) is 98.0 Å². The third-order valence-electron chi connectivity index (χ3n) is 4.07. The average Bonchev–Trinajstić information content (AvgIpc) is 2.66. The molecule has 0 aliphatic carbocycles. The van der Waals surface area contributed by atoms with Crippen molar-refractivity contribution in [3.05, 3.63) is 72.1 Å². The standard InChI is InChI=1S/C20H20N4O2/c21-20(26)18(24-19(25)11-10-14-6-2-1-3-7-14)12-15-13-22-16-8-4-5-9-17(16)23-15/h1-9,13,18H,10-12H2,(H2,21,26)(H,24,25)/t18-/m0/s1. The van der Waals surface area contributed by atoms with Crippen molar-refractivity contribution in [2.45, 2.75) is 25.3 Å². The van der Waals surface area contributed by atoms with E-state index in [1.54, 1.807) is 6.20 Å². The zero-order valence-corrected chi connectivity index (χ0v) is 14.3. The van der Waals surface area contributed by atoms with Gasteiger partial charge in [0.05, 0.1) is 16.7 Å². The molecule has 3 aromatic rings. The largest absolute Gasteiger partial charge is 0.368 e. The van der Waals surface area contributed by atoms with E-state index in [4.69, 9.17) is 5.73 Å². The molecule has 0 aliphatic heterocycles. The van der Waals surface area contributed by atoms with Crippen LogP contribution < -0.4 is 11.1 Å². The van der Waals surface area contributed by atoms with Crippen molar-refractivity contribution >= 4 is 22.8 Å². The average molecular weight is 348 g/mol. The lowest BCUT2D eigenvalue weighted by molar-refractivity contribution is -0.127. The number of rotatable bonds is 7. The normalized spacial score (nSPS) is 11.8. The Balaban J connectivity index is 1.62. The van der Waals surface area contributed by atoms with Crippen LogP contribution >= 0.6 is 0 Å². The second-order valence-electron chi connectivity index (χ2n) is 6.06. The number of carbonyl (C=O) groups excluding carboxylic acids is 2. The summed E-state index contributed by atoms with van der Waals surface area (Å²) >= 11 is 0. The number of nitrogens with zero attached hydrogens (tertiary/aromatic N) is 2. The molecule has 2 aromatic carbocycles. The van der Waals surface area contributed by atoms with Crippen LogP contribution in [0.3, 0.4) is 0 Å². The Morgan fingerprint density at radius 1 is 1.00 bits per heavy atom. The highest BCUT2D eigenvalue weighted by Gasteiger charge is 2.19. The van der Waals surface area contributed by atoms with Crippen LogP contribution in [0, 0.1) is 0 Å². The number of nitrogens with two attached hydrogens (primary N) is 1. The summed E-state index contributed by atoms with van der Waals surface area (Å²) in [5, 5.41) is 2.70. The van der Waals surface area contributed by atoms with Gasteiger partial charge < -0.3 is 11.1 Å². The molecular formula is C20H20N4O2. The summed E-state index contributed by atoms with van der Waals surface area (Å²) in [6.07, 6.45) is 2.71. The van der Waals surface area contributed by atoms with Gasteiger partial charge in [0.2, 0.25) is 11.8 Å². The lowest BCUT2D eigenvalue weighted by Crippen LogP contribution is -2.46. The Kier molecular flexibility index (Phi) is 5.53. The summed E-state index contributed by atoms with van der Waals surface area (Å²) in [7, 11) is 0. The molecule has 0 bridgehead atoms. The van der Waals surface area contributed by atoms with E-state index in [-0.39, 0.29) is 18.7 Å². The lowest BCUT2D eigenvalue weighted by atomic mass is 10.1. The molecule has 26 heavy (non-hydrogen) atoms. The first kappa shape index (κ1) is 17.5. The second kappa shape index (κ2) is 8.20. The number of nitrogens with one attached hydrogen (secondary N) is 1. The maximum Gasteiger partial charge on any atom is 0.240 e. The first-order valence-corrected chi connectivity index (χ1v) is 8.45. The van der Waals surface area contributed by atoms with E-state index in [1.165, 1.54) is 0 Å². The minimum absolute atomic E-state index is 0.213. The highest BCUT2D eigenvalue weighted by molar-refractivity contribution is 5.86. The number of hydrogen-bond donors (Lipinski definition) is 2. The number of benzene rings is 2. The Morgan fingerprint density at radius 2 is 1.69 bits per heavy atom. The van der Waals surface area contributed by atoms with Crippen LogP contribution in [0.4, 0.5) is 0 Å². The van der Waals surface area contributed by atoms with Crippen molar-refractivity contribution in [3.63, 3.8) is 0 Å². The number of hydrogen-bond acceptors (Lipinski definition) is 4. The van der Waals surface area contributed by atoms with Gasteiger partial charge in [0, 0.05) is 19.0 Å². The molecule has 0 aliphatic rings. The van der Waals surface area contributed by atoms with Gasteiger partial charge in [0.1, 0.15) is 6.04 Å². The minimum atomic E-state index is -0.811. The van der Waals surface area contributed by atoms with E-state index in [1.807, 2.05) is 54.6 Å². The third-order valence-corrected chi connectivity index (χ3v) is 4.07. The Labute approximate surface area is 151 Å². The quantitative estimate of drug-likeness (QED) is 0.680. The monoisotopic (exact) mass is 348 g/mol. The van der Waals surface area contributed by atoms with Crippen LogP contribution in [-0.2, 0) is 22.4 Å². The molecule has 0 saturated carbocycles. The van der Waals surface area contributed by atoms with Crippen molar-refractivity contribution < 1.29 is 9.59 Å². The number of aryl methyl sites for hydroxylation is 1. The Bertz CT molecular complexity index is 912. The van der Waals surface area contributed by atoms with Gasteiger partial charge in [-0.2, -0.15) is 0 Å². The molecule has 3 N–H and O–H groups in total. The summed E-state index contributed by atoms with van der Waals surface area (Å²) in [6.45, 7) is 0. The molecule has 0 spiro atoms. The first-order valence-electron chi connectivity index (χ1n) is 8.45. The van der Waals surface area contributed by atoms with Gasteiger partial charge >= 0.3 is 0 Å². The van der Waals surface area contributed by atoms with Crippen molar-refractivity contribution in [2.24, 2.45) is 5.73 Å². The predicted octanol–water partition coefficient (Wildman–Crippen LogP) is 1.78. The third kappa shape index (κ3) is 4.63. The van der Waals surface area contributed by atoms with Crippen LogP contribution in [0.5, 0.6) is 0 Å². The summed E-state index contributed by atoms with van der Waals surface area (Å²) in [4.78, 5) is 32.7. The van der Waals surface area contributed by atoms with Crippen LogP contribution in [0.2, 0.25) is 0 Å². The summed E-state index contributed by atoms with van der Waals surface area (Å²) < 4.78 is 0. The molecule has 0 unspecified atom stereocenters. The Hall–Kier alpha value is -3.28. The van der Waals surface area contributed by atoms with Gasteiger partial charge in [0.15, 0.2) is 0 Å². The number of amides is 2. The summed E-state index contributed by atoms with van der Waals surface area (Å²) in [5.41, 5.74) is 8.64. The highest BCUT2D eigenvalue weighted by atomic mass is 16.2. The van der Waals surface area contributed by atoms with Crippen LogP contribution in [-0.4, -0.2) is 27.8 Å². The van der Waals surface area contributed by atoms with E-state index in [9.17, 15) is 9.59 Å². The van der Waals surface area contributed by atoms with Crippen molar-refractivity contribution in [1.29, 1.82) is 0 Å². The summed E-state index contributed by atoms with van der Waals surface area (Å²) in [5.74, 6) is -0.806. The van der Waals surface area contributed by atoms with Crippen molar-refractivity contribution in [2.75, 3.05) is 0 Å². The van der Waals surface area contributed by atoms with Crippen LogP contribution in [0.1, 0.15) is 17.7 Å². The molecule has 6 nitrogen and oxygen atoms in total.